The van der Waals surface area contributed by atoms with Crippen molar-refractivity contribution in [2.45, 2.75) is 33.4 Å². The zero-order chi connectivity index (χ0) is 11.8. The molecule has 0 aliphatic rings. The topological polar surface area (TPSA) is 28.2 Å². The molecular weight excluding hydrogens is 198 g/mol. The predicted molar refractivity (Wildman–Crippen MR) is 68.2 cm³/mol. The Morgan fingerprint density at radius 3 is 2.62 bits per heavy atom. The number of rotatable bonds is 7. The van der Waals surface area contributed by atoms with Crippen LogP contribution in [-0.2, 0) is 13.1 Å². The van der Waals surface area contributed by atoms with E-state index < -0.39 is 0 Å². The molecule has 3 nitrogen and oxygen atoms in total. The lowest BCUT2D eigenvalue weighted by Crippen LogP contribution is -2.24. The van der Waals surface area contributed by atoms with Crippen LogP contribution in [-0.4, -0.2) is 30.0 Å². The highest BCUT2D eigenvalue weighted by Crippen LogP contribution is 2.04. The molecule has 1 N–H and O–H groups in total. The molecule has 3 heteroatoms. The summed E-state index contributed by atoms with van der Waals surface area (Å²) in [5.74, 6) is 0. The maximum atomic E-state index is 4.63. The molecule has 1 aromatic rings. The molecule has 0 bridgehead atoms. The molecule has 0 aliphatic carbocycles. The van der Waals surface area contributed by atoms with Crippen LogP contribution in [0.1, 0.15) is 31.7 Å². The van der Waals surface area contributed by atoms with Crippen molar-refractivity contribution in [3.63, 3.8) is 0 Å². The summed E-state index contributed by atoms with van der Waals surface area (Å²) in [6.07, 6.45) is 1.20. The Balaban J connectivity index is 2.60. The lowest BCUT2D eigenvalue weighted by molar-refractivity contribution is 0.277. The summed E-state index contributed by atoms with van der Waals surface area (Å²) in [5, 5.41) is 3.13. The minimum Gasteiger partial charge on any atom is -0.314 e. The Hall–Kier alpha value is -0.930. The summed E-state index contributed by atoms with van der Waals surface area (Å²) < 4.78 is 0. The largest absolute Gasteiger partial charge is 0.314 e. The van der Waals surface area contributed by atoms with E-state index in [1.807, 2.05) is 7.05 Å². The van der Waals surface area contributed by atoms with E-state index in [0.717, 1.165) is 31.9 Å². The van der Waals surface area contributed by atoms with Crippen molar-refractivity contribution in [1.29, 1.82) is 0 Å². The van der Waals surface area contributed by atoms with Crippen molar-refractivity contribution in [3.05, 3.63) is 29.6 Å². The molecule has 0 atom stereocenters. The second kappa shape index (κ2) is 7.36. The fourth-order valence-corrected chi connectivity index (χ4v) is 1.79. The minimum atomic E-state index is 0.841. The monoisotopic (exact) mass is 221 g/mol. The fraction of sp³-hybridized carbons (Fsp3) is 0.615. The molecule has 1 heterocycles. The third kappa shape index (κ3) is 4.29. The van der Waals surface area contributed by atoms with Gasteiger partial charge in [-0.05, 0) is 38.7 Å². The number of nitrogens with zero attached hydrogens (tertiary/aromatic N) is 2. The van der Waals surface area contributed by atoms with Crippen LogP contribution in [0.4, 0.5) is 0 Å². The molecule has 90 valence electrons. The van der Waals surface area contributed by atoms with E-state index in [9.17, 15) is 0 Å². The second-order valence-corrected chi connectivity index (χ2v) is 4.02. The normalized spacial score (nSPS) is 11.0. The summed E-state index contributed by atoms with van der Waals surface area (Å²) in [7, 11) is 1.95. The van der Waals surface area contributed by atoms with Gasteiger partial charge in [0.15, 0.2) is 0 Å². The first-order valence-corrected chi connectivity index (χ1v) is 6.11. The highest BCUT2D eigenvalue weighted by atomic mass is 15.1. The van der Waals surface area contributed by atoms with Crippen molar-refractivity contribution in [3.8, 4) is 0 Å². The molecule has 0 radical (unpaired) electrons. The highest BCUT2D eigenvalue weighted by Gasteiger charge is 2.03. The van der Waals surface area contributed by atoms with Gasteiger partial charge in [0, 0.05) is 13.1 Å². The molecule has 0 amide bonds. The first-order valence-electron chi connectivity index (χ1n) is 6.11. The molecule has 0 aliphatic heterocycles. The lowest BCUT2D eigenvalue weighted by Gasteiger charge is -2.19. The van der Waals surface area contributed by atoms with Gasteiger partial charge in [-0.1, -0.05) is 19.9 Å². The van der Waals surface area contributed by atoms with Gasteiger partial charge in [-0.3, -0.25) is 9.88 Å². The van der Waals surface area contributed by atoms with E-state index in [-0.39, 0.29) is 0 Å². The van der Waals surface area contributed by atoms with E-state index in [0.29, 0.717) is 0 Å². The minimum absolute atomic E-state index is 0.841. The third-order valence-corrected chi connectivity index (χ3v) is 2.59. The number of nitrogens with one attached hydrogen (secondary N) is 1. The number of hydrogen-bond acceptors (Lipinski definition) is 3. The molecule has 0 fully saturated rings. The van der Waals surface area contributed by atoms with Gasteiger partial charge in [-0.15, -0.1) is 0 Å². The van der Waals surface area contributed by atoms with Gasteiger partial charge in [0.2, 0.25) is 0 Å². The molecule has 16 heavy (non-hydrogen) atoms. The van der Waals surface area contributed by atoms with Gasteiger partial charge >= 0.3 is 0 Å². The highest BCUT2D eigenvalue weighted by molar-refractivity contribution is 5.11. The van der Waals surface area contributed by atoms with Crippen LogP contribution in [0, 0.1) is 0 Å². The maximum Gasteiger partial charge on any atom is 0.0547 e. The molecule has 0 unspecified atom stereocenters. The van der Waals surface area contributed by atoms with Gasteiger partial charge in [0.25, 0.3) is 0 Å². The lowest BCUT2D eigenvalue weighted by atomic mass is 10.2. The van der Waals surface area contributed by atoms with E-state index in [2.05, 4.69) is 47.2 Å². The van der Waals surface area contributed by atoms with Crippen LogP contribution in [0.5, 0.6) is 0 Å². The second-order valence-electron chi connectivity index (χ2n) is 4.02. The van der Waals surface area contributed by atoms with E-state index in [1.165, 1.54) is 12.1 Å². The third-order valence-electron chi connectivity index (χ3n) is 2.59. The summed E-state index contributed by atoms with van der Waals surface area (Å²) in [4.78, 5) is 7.05. The zero-order valence-electron chi connectivity index (χ0n) is 10.7. The van der Waals surface area contributed by atoms with Gasteiger partial charge < -0.3 is 5.32 Å². The first-order chi connectivity index (χ1) is 7.80. The van der Waals surface area contributed by atoms with Crippen LogP contribution in [0.3, 0.4) is 0 Å². The average Bonchev–Trinajstić information content (AvgIpc) is 2.29. The summed E-state index contributed by atoms with van der Waals surface area (Å²) in [6, 6.07) is 6.27. The van der Waals surface area contributed by atoms with Gasteiger partial charge in [0.1, 0.15) is 0 Å². The van der Waals surface area contributed by atoms with Gasteiger partial charge in [0.05, 0.1) is 11.4 Å². The van der Waals surface area contributed by atoms with Crippen molar-refractivity contribution in [2.24, 2.45) is 0 Å². The number of aromatic nitrogens is 1. The van der Waals surface area contributed by atoms with E-state index in [1.54, 1.807) is 0 Å². The van der Waals surface area contributed by atoms with Crippen LogP contribution in [0.25, 0.3) is 0 Å². The quantitative estimate of drug-likeness (QED) is 0.763. The first kappa shape index (κ1) is 13.1. The summed E-state index contributed by atoms with van der Waals surface area (Å²) >= 11 is 0. The van der Waals surface area contributed by atoms with Gasteiger partial charge in [-0.2, -0.15) is 0 Å². The van der Waals surface area contributed by atoms with E-state index in [4.69, 9.17) is 0 Å². The average molecular weight is 221 g/mol. The maximum absolute atomic E-state index is 4.63. The van der Waals surface area contributed by atoms with E-state index >= 15 is 0 Å². The summed E-state index contributed by atoms with van der Waals surface area (Å²) in [6.45, 7) is 8.45. The Labute approximate surface area is 98.9 Å². The molecular formula is C13H23N3. The molecule has 0 aromatic carbocycles. The van der Waals surface area contributed by atoms with Crippen LogP contribution in [0.15, 0.2) is 18.2 Å². The van der Waals surface area contributed by atoms with Crippen molar-refractivity contribution in [1.82, 2.24) is 15.2 Å². The Morgan fingerprint density at radius 1 is 1.25 bits per heavy atom. The Morgan fingerprint density at radius 2 is 2.00 bits per heavy atom. The molecule has 0 saturated heterocycles. The SMILES string of the molecule is CCCN(CC)Cc1cccc(CNC)n1. The number of hydrogen-bond donors (Lipinski definition) is 1. The van der Waals surface area contributed by atoms with Crippen LogP contribution in [0.2, 0.25) is 0 Å². The fourth-order valence-electron chi connectivity index (χ4n) is 1.79. The molecule has 1 aromatic heterocycles. The standard InChI is InChI=1S/C13H23N3/c1-4-9-16(5-2)11-13-8-6-7-12(15-13)10-14-3/h6-8,14H,4-5,9-11H2,1-3H3. The van der Waals surface area contributed by atoms with Crippen molar-refractivity contribution >= 4 is 0 Å². The Bertz CT molecular complexity index is 299. The van der Waals surface area contributed by atoms with Crippen molar-refractivity contribution < 1.29 is 0 Å². The van der Waals surface area contributed by atoms with Crippen LogP contribution >= 0.6 is 0 Å². The molecule has 0 saturated carbocycles. The smallest absolute Gasteiger partial charge is 0.0547 e. The molecule has 0 spiro atoms. The Kier molecular flexibility index (Phi) is 6.04. The van der Waals surface area contributed by atoms with Crippen LogP contribution < -0.4 is 5.32 Å². The molecule has 1 rings (SSSR count). The predicted octanol–water partition coefficient (Wildman–Crippen LogP) is 2.03. The summed E-state index contributed by atoms with van der Waals surface area (Å²) in [5.41, 5.74) is 2.29. The van der Waals surface area contributed by atoms with Gasteiger partial charge in [-0.25, -0.2) is 0 Å². The zero-order valence-corrected chi connectivity index (χ0v) is 10.7. The van der Waals surface area contributed by atoms with Crippen molar-refractivity contribution in [2.75, 3.05) is 20.1 Å². The number of pyridine rings is 1.